The molecule has 1 N–H and O–H groups in total. The number of ether oxygens (including phenoxy) is 1. The number of rotatable bonds is 7. The molecular weight excluding hydrogens is 614 g/mol. The summed E-state index contributed by atoms with van der Waals surface area (Å²) in [7, 11) is 3.99. The van der Waals surface area contributed by atoms with Gasteiger partial charge in [-0.25, -0.2) is 8.78 Å². The maximum atomic E-state index is 15.7. The fourth-order valence-corrected chi connectivity index (χ4v) is 5.84. The lowest BCUT2D eigenvalue weighted by molar-refractivity contribution is -0.127. The molecule has 3 aromatic carbocycles. The van der Waals surface area contributed by atoms with Gasteiger partial charge in [0.2, 0.25) is 5.91 Å². The molecule has 0 bridgehead atoms. The third-order valence-electron chi connectivity index (χ3n) is 8.37. The fourth-order valence-electron chi connectivity index (χ4n) is 5.84. The number of benzene rings is 3. The van der Waals surface area contributed by atoms with Gasteiger partial charge in [0.25, 0.3) is 17.7 Å². The van der Waals surface area contributed by atoms with E-state index in [0.717, 1.165) is 18.9 Å². The molecule has 244 valence electrons. The lowest BCUT2D eigenvalue weighted by Crippen LogP contribution is -2.44. The predicted molar refractivity (Wildman–Crippen MR) is 178 cm³/mol. The molecule has 8 nitrogen and oxygen atoms in total. The van der Waals surface area contributed by atoms with E-state index in [4.69, 9.17) is 4.74 Å². The summed E-state index contributed by atoms with van der Waals surface area (Å²) < 4.78 is 36.9. The van der Waals surface area contributed by atoms with Crippen LogP contribution in [0.4, 0.5) is 20.2 Å². The highest BCUT2D eigenvalue weighted by Crippen LogP contribution is 2.43. The standard InChI is InChI=1S/C35H38F2N4O4.ClH/c1-4-45-31-12-8-6-10-28(31)33(43)38-25-15-13-24(14-16-25)34(44)41-22-19-35(36,37)29(27-9-5-7-11-30(27)41)23-32(42)40-20-17-26(18-21-40)39(2)3;/h5-16,23,26H,4,17-22H2,1-3H3,(H,38,43);1H. The molecule has 2 aliphatic rings. The van der Waals surface area contributed by atoms with E-state index >= 15 is 8.78 Å². The highest BCUT2D eigenvalue weighted by atomic mass is 35.5. The van der Waals surface area contributed by atoms with E-state index in [-0.39, 0.29) is 41.6 Å². The van der Waals surface area contributed by atoms with Crippen molar-refractivity contribution in [3.8, 4) is 5.75 Å². The first-order chi connectivity index (χ1) is 21.6. The molecule has 3 aromatic rings. The van der Waals surface area contributed by atoms with Crippen molar-refractivity contribution >= 4 is 47.1 Å². The van der Waals surface area contributed by atoms with Gasteiger partial charge in [0.15, 0.2) is 0 Å². The van der Waals surface area contributed by atoms with Crippen LogP contribution in [0, 0.1) is 0 Å². The summed E-state index contributed by atoms with van der Waals surface area (Å²) >= 11 is 0. The van der Waals surface area contributed by atoms with Gasteiger partial charge >= 0.3 is 0 Å². The number of carbonyl (C=O) groups excluding carboxylic acids is 3. The fraction of sp³-hybridized carbons (Fsp3) is 0.343. The van der Waals surface area contributed by atoms with Crippen LogP contribution >= 0.6 is 12.4 Å². The Balaban J connectivity index is 0.00000480. The van der Waals surface area contributed by atoms with Gasteiger partial charge in [-0.2, -0.15) is 0 Å². The Hall–Kier alpha value is -4.28. The molecule has 0 atom stereocenters. The molecule has 1 fully saturated rings. The summed E-state index contributed by atoms with van der Waals surface area (Å²) in [6, 6.07) is 20.0. The van der Waals surface area contributed by atoms with Gasteiger partial charge in [0.05, 0.1) is 17.9 Å². The zero-order chi connectivity index (χ0) is 32.1. The highest BCUT2D eigenvalue weighted by Gasteiger charge is 2.42. The number of hydrogen-bond donors (Lipinski definition) is 1. The molecule has 5 rings (SSSR count). The normalized spacial score (nSPS) is 17.1. The summed E-state index contributed by atoms with van der Waals surface area (Å²) in [6.45, 7) is 3.00. The lowest BCUT2D eigenvalue weighted by Gasteiger charge is -2.35. The first-order valence-corrected chi connectivity index (χ1v) is 15.2. The van der Waals surface area contributed by atoms with Crippen molar-refractivity contribution in [2.75, 3.05) is 50.6 Å². The minimum Gasteiger partial charge on any atom is -0.493 e. The number of hydrogen-bond acceptors (Lipinski definition) is 5. The Bertz CT molecular complexity index is 1590. The van der Waals surface area contributed by atoms with Crippen LogP contribution in [-0.2, 0) is 4.79 Å². The van der Waals surface area contributed by atoms with Gasteiger partial charge in [0, 0.05) is 60.6 Å². The largest absolute Gasteiger partial charge is 0.493 e. The predicted octanol–water partition coefficient (Wildman–Crippen LogP) is 6.38. The zero-order valence-electron chi connectivity index (χ0n) is 26.2. The number of amides is 3. The van der Waals surface area contributed by atoms with Crippen LogP contribution in [0.25, 0.3) is 5.57 Å². The molecule has 1 saturated heterocycles. The van der Waals surface area contributed by atoms with Gasteiger partial charge in [-0.1, -0.05) is 30.3 Å². The number of para-hydroxylation sites is 2. The van der Waals surface area contributed by atoms with E-state index < -0.39 is 24.2 Å². The van der Waals surface area contributed by atoms with Crippen LogP contribution in [0.3, 0.4) is 0 Å². The molecule has 0 saturated carbocycles. The molecular formula is C35H39ClF2N4O4. The average molecular weight is 653 g/mol. The van der Waals surface area contributed by atoms with Crippen molar-refractivity contribution in [2.45, 2.75) is 38.2 Å². The highest BCUT2D eigenvalue weighted by molar-refractivity contribution is 6.10. The summed E-state index contributed by atoms with van der Waals surface area (Å²) in [5, 5.41) is 2.81. The Labute approximate surface area is 274 Å². The number of anilines is 2. The van der Waals surface area contributed by atoms with Gasteiger partial charge in [-0.05, 0) is 76.3 Å². The Morgan fingerprint density at radius 2 is 1.61 bits per heavy atom. The van der Waals surface area contributed by atoms with Crippen molar-refractivity contribution in [3.63, 3.8) is 0 Å². The van der Waals surface area contributed by atoms with Crippen LogP contribution in [-0.4, -0.2) is 79.8 Å². The molecule has 0 aromatic heterocycles. The minimum atomic E-state index is -3.32. The number of nitrogens with zero attached hydrogens (tertiary/aromatic N) is 3. The van der Waals surface area contributed by atoms with Crippen LogP contribution < -0.4 is 15.0 Å². The molecule has 2 aliphatic heterocycles. The number of fused-ring (bicyclic) bond motifs is 1. The number of piperidine rings is 1. The lowest BCUT2D eigenvalue weighted by atomic mass is 9.96. The third-order valence-corrected chi connectivity index (χ3v) is 8.37. The van der Waals surface area contributed by atoms with Gasteiger partial charge in [-0.15, -0.1) is 12.4 Å². The third kappa shape index (κ3) is 7.57. The summed E-state index contributed by atoms with van der Waals surface area (Å²) in [5.41, 5.74) is 1.20. The Kier molecular flexibility index (Phi) is 11.2. The molecule has 2 heterocycles. The monoisotopic (exact) mass is 652 g/mol. The number of halogens is 3. The second kappa shape index (κ2) is 14.9. The van der Waals surface area contributed by atoms with Crippen LogP contribution in [0.1, 0.15) is 52.5 Å². The molecule has 0 spiro atoms. The summed E-state index contributed by atoms with van der Waals surface area (Å²) in [4.78, 5) is 44.9. The molecule has 0 unspecified atom stereocenters. The van der Waals surface area contributed by atoms with Crippen molar-refractivity contribution in [2.24, 2.45) is 0 Å². The Morgan fingerprint density at radius 1 is 0.957 bits per heavy atom. The molecule has 0 radical (unpaired) electrons. The average Bonchev–Trinajstić information content (AvgIpc) is 3.15. The topological polar surface area (TPSA) is 82.2 Å². The number of likely N-dealkylation sites (tertiary alicyclic amines) is 1. The number of nitrogens with one attached hydrogen (secondary N) is 1. The number of carbonyl (C=O) groups is 3. The van der Waals surface area contributed by atoms with E-state index in [0.29, 0.717) is 48.4 Å². The van der Waals surface area contributed by atoms with Gasteiger partial charge in [0.1, 0.15) is 5.75 Å². The summed E-state index contributed by atoms with van der Waals surface area (Å²) in [6.07, 6.45) is 1.98. The number of alkyl halides is 2. The van der Waals surface area contributed by atoms with Gasteiger partial charge in [-0.3, -0.25) is 14.4 Å². The van der Waals surface area contributed by atoms with E-state index in [9.17, 15) is 14.4 Å². The van der Waals surface area contributed by atoms with E-state index in [1.54, 1.807) is 71.6 Å². The van der Waals surface area contributed by atoms with Crippen molar-refractivity contribution in [1.29, 1.82) is 0 Å². The zero-order valence-corrected chi connectivity index (χ0v) is 27.0. The van der Waals surface area contributed by atoms with Crippen molar-refractivity contribution < 1.29 is 27.9 Å². The minimum absolute atomic E-state index is 0. The first-order valence-electron chi connectivity index (χ1n) is 15.2. The smallest absolute Gasteiger partial charge is 0.275 e. The van der Waals surface area contributed by atoms with Crippen molar-refractivity contribution in [1.82, 2.24) is 9.80 Å². The maximum Gasteiger partial charge on any atom is 0.275 e. The number of allylic oxidation sites excluding steroid dienone is 1. The molecule has 46 heavy (non-hydrogen) atoms. The second-order valence-electron chi connectivity index (χ2n) is 11.5. The van der Waals surface area contributed by atoms with E-state index in [2.05, 4.69) is 10.2 Å². The molecule has 0 aliphatic carbocycles. The van der Waals surface area contributed by atoms with Gasteiger partial charge < -0.3 is 24.8 Å². The molecule has 3 amide bonds. The van der Waals surface area contributed by atoms with E-state index in [1.807, 2.05) is 21.0 Å². The van der Waals surface area contributed by atoms with Crippen LogP contribution in [0.15, 0.2) is 78.9 Å². The second-order valence-corrected chi connectivity index (χ2v) is 11.5. The van der Waals surface area contributed by atoms with Crippen LogP contribution in [0.5, 0.6) is 5.75 Å². The summed E-state index contributed by atoms with van der Waals surface area (Å²) in [5.74, 6) is -4.13. The van der Waals surface area contributed by atoms with Crippen LogP contribution in [0.2, 0.25) is 0 Å². The maximum absolute atomic E-state index is 15.7. The molecule has 11 heteroatoms. The van der Waals surface area contributed by atoms with Crippen molar-refractivity contribution in [3.05, 3.63) is 95.6 Å². The Morgan fingerprint density at radius 3 is 2.28 bits per heavy atom. The quantitative estimate of drug-likeness (QED) is 0.300. The van der Waals surface area contributed by atoms with E-state index in [1.165, 1.54) is 11.0 Å². The first kappa shape index (κ1) is 34.6. The SMILES string of the molecule is CCOc1ccccc1C(=O)Nc1ccc(C(=O)N2CCC(F)(F)C(=CC(=O)N3CCC(N(C)C)CC3)c3ccccc32)cc1.Cl.